The SMILES string of the molecule is CC(=O)C[C@@H](C=O)NC(=O)[C@@H]1CCCN2C(=O)CCN(NC(=O)Cc3ccccc3)C(=O)N12. The lowest BCUT2D eigenvalue weighted by Crippen LogP contribution is -2.64. The summed E-state index contributed by atoms with van der Waals surface area (Å²) < 4.78 is 0. The highest BCUT2D eigenvalue weighted by Gasteiger charge is 2.44. The second-order valence-electron chi connectivity index (χ2n) is 8.06. The Bertz CT molecular complexity index is 936. The van der Waals surface area contributed by atoms with Gasteiger partial charge in [-0.05, 0) is 25.3 Å². The summed E-state index contributed by atoms with van der Waals surface area (Å²) in [5, 5.41) is 5.79. The second kappa shape index (κ2) is 10.7. The first-order chi connectivity index (χ1) is 15.8. The molecule has 2 fully saturated rings. The van der Waals surface area contributed by atoms with Crippen molar-refractivity contribution >= 4 is 35.8 Å². The normalized spacial score (nSPS) is 19.3. The predicted octanol–water partition coefficient (Wildman–Crippen LogP) is -0.0432. The van der Waals surface area contributed by atoms with Crippen molar-refractivity contribution in [3.05, 3.63) is 35.9 Å². The Morgan fingerprint density at radius 2 is 1.88 bits per heavy atom. The van der Waals surface area contributed by atoms with Crippen molar-refractivity contribution in [1.29, 1.82) is 0 Å². The van der Waals surface area contributed by atoms with Gasteiger partial charge in [-0.3, -0.25) is 24.6 Å². The molecule has 0 aliphatic carbocycles. The number of carbonyl (C=O) groups is 6. The van der Waals surface area contributed by atoms with Gasteiger partial charge in [0.05, 0.1) is 19.0 Å². The summed E-state index contributed by atoms with van der Waals surface area (Å²) in [5.41, 5.74) is 3.30. The molecule has 11 nitrogen and oxygen atoms in total. The zero-order valence-electron chi connectivity index (χ0n) is 18.4. The molecule has 0 spiro atoms. The number of benzene rings is 1. The van der Waals surface area contributed by atoms with E-state index in [1.165, 1.54) is 11.9 Å². The van der Waals surface area contributed by atoms with Crippen molar-refractivity contribution in [1.82, 2.24) is 25.8 Å². The number of hydrazine groups is 2. The third kappa shape index (κ3) is 5.93. The zero-order valence-corrected chi connectivity index (χ0v) is 18.4. The van der Waals surface area contributed by atoms with Crippen LogP contribution in [-0.2, 0) is 30.4 Å². The molecular weight excluding hydrogens is 430 g/mol. The minimum Gasteiger partial charge on any atom is -0.344 e. The average Bonchev–Trinajstić information content (AvgIpc) is 2.91. The Morgan fingerprint density at radius 1 is 1.15 bits per heavy atom. The van der Waals surface area contributed by atoms with E-state index in [1.807, 2.05) is 6.07 Å². The molecule has 11 heteroatoms. The number of ketones is 1. The minimum absolute atomic E-state index is 0.0243. The quantitative estimate of drug-likeness (QED) is 0.526. The maximum atomic E-state index is 13.3. The van der Waals surface area contributed by atoms with Gasteiger partial charge in [0.25, 0.3) is 0 Å². The first-order valence-electron chi connectivity index (χ1n) is 10.8. The number of urea groups is 1. The number of carbonyl (C=O) groups excluding carboxylic acids is 6. The van der Waals surface area contributed by atoms with Crippen LogP contribution in [0.4, 0.5) is 4.79 Å². The minimum atomic E-state index is -1.06. The fraction of sp³-hybridized carbons (Fsp3) is 0.455. The summed E-state index contributed by atoms with van der Waals surface area (Å²) in [5.74, 6) is -1.70. The van der Waals surface area contributed by atoms with Gasteiger partial charge in [0.2, 0.25) is 17.7 Å². The molecule has 176 valence electrons. The van der Waals surface area contributed by atoms with Gasteiger partial charge in [-0.25, -0.2) is 19.8 Å². The van der Waals surface area contributed by atoms with E-state index in [4.69, 9.17) is 0 Å². The van der Waals surface area contributed by atoms with E-state index in [0.717, 1.165) is 15.6 Å². The van der Waals surface area contributed by atoms with Crippen LogP contribution in [-0.4, -0.2) is 76.0 Å². The summed E-state index contributed by atoms with van der Waals surface area (Å²) in [7, 11) is 0. The first-order valence-corrected chi connectivity index (χ1v) is 10.8. The van der Waals surface area contributed by atoms with E-state index < -0.39 is 29.9 Å². The summed E-state index contributed by atoms with van der Waals surface area (Å²) >= 11 is 0. The molecule has 0 saturated carbocycles. The molecule has 5 amide bonds. The number of hydrogen-bond acceptors (Lipinski definition) is 6. The lowest BCUT2D eigenvalue weighted by atomic mass is 10.1. The molecule has 2 saturated heterocycles. The van der Waals surface area contributed by atoms with Gasteiger partial charge < -0.3 is 10.1 Å². The van der Waals surface area contributed by atoms with Crippen LogP contribution in [0.3, 0.4) is 0 Å². The van der Waals surface area contributed by atoms with Crippen LogP contribution in [0.25, 0.3) is 0 Å². The van der Waals surface area contributed by atoms with Crippen LogP contribution < -0.4 is 10.7 Å². The molecule has 1 aromatic rings. The third-order valence-electron chi connectivity index (χ3n) is 5.44. The number of fused-ring (bicyclic) bond motifs is 1. The summed E-state index contributed by atoms with van der Waals surface area (Å²) in [6.45, 7) is 1.52. The molecule has 33 heavy (non-hydrogen) atoms. The Morgan fingerprint density at radius 3 is 2.55 bits per heavy atom. The number of aldehydes is 1. The molecule has 1 aromatic carbocycles. The molecule has 3 rings (SSSR count). The molecule has 2 aliphatic heterocycles. The Labute approximate surface area is 191 Å². The Hall–Kier alpha value is -3.76. The zero-order chi connectivity index (χ0) is 24.0. The molecule has 0 bridgehead atoms. The summed E-state index contributed by atoms with van der Waals surface area (Å²) in [6.07, 6.45) is 1.05. The van der Waals surface area contributed by atoms with Gasteiger partial charge in [0.15, 0.2) is 0 Å². The Kier molecular flexibility index (Phi) is 7.75. The Balaban J connectivity index is 1.76. The first kappa shape index (κ1) is 23.9. The smallest absolute Gasteiger partial charge is 0.344 e. The number of nitrogens with zero attached hydrogens (tertiary/aromatic N) is 3. The lowest BCUT2D eigenvalue weighted by Gasteiger charge is -2.43. The number of nitrogens with one attached hydrogen (secondary N) is 2. The maximum Gasteiger partial charge on any atom is 0.358 e. The van der Waals surface area contributed by atoms with Crippen molar-refractivity contribution < 1.29 is 28.8 Å². The van der Waals surface area contributed by atoms with Gasteiger partial charge in [-0.2, -0.15) is 0 Å². The van der Waals surface area contributed by atoms with E-state index in [9.17, 15) is 28.8 Å². The number of rotatable bonds is 8. The predicted molar refractivity (Wildman–Crippen MR) is 115 cm³/mol. The number of Topliss-reactive ketones (excluding diaryl/α,β-unsaturated/α-hetero) is 1. The fourth-order valence-electron chi connectivity index (χ4n) is 3.91. The molecule has 2 aliphatic rings. The monoisotopic (exact) mass is 457 g/mol. The average molecular weight is 457 g/mol. The van der Waals surface area contributed by atoms with Crippen molar-refractivity contribution in [2.75, 3.05) is 13.1 Å². The number of amides is 5. The van der Waals surface area contributed by atoms with E-state index in [0.29, 0.717) is 12.7 Å². The fourth-order valence-corrected chi connectivity index (χ4v) is 3.91. The van der Waals surface area contributed by atoms with Crippen LogP contribution in [0.2, 0.25) is 0 Å². The van der Waals surface area contributed by atoms with Crippen molar-refractivity contribution in [2.24, 2.45) is 0 Å². The van der Waals surface area contributed by atoms with Crippen molar-refractivity contribution in [3.63, 3.8) is 0 Å². The highest BCUT2D eigenvalue weighted by atomic mass is 16.2. The van der Waals surface area contributed by atoms with Crippen LogP contribution >= 0.6 is 0 Å². The van der Waals surface area contributed by atoms with Crippen LogP contribution in [0.15, 0.2) is 30.3 Å². The van der Waals surface area contributed by atoms with Crippen molar-refractivity contribution in [2.45, 2.75) is 51.1 Å². The number of hydrogen-bond donors (Lipinski definition) is 2. The van der Waals surface area contributed by atoms with Gasteiger partial charge in [0.1, 0.15) is 18.1 Å². The van der Waals surface area contributed by atoms with Gasteiger partial charge in [0, 0.05) is 19.4 Å². The lowest BCUT2D eigenvalue weighted by molar-refractivity contribution is -0.155. The highest BCUT2D eigenvalue weighted by Crippen LogP contribution is 2.23. The second-order valence-corrected chi connectivity index (χ2v) is 8.06. The molecule has 0 radical (unpaired) electrons. The molecule has 2 N–H and O–H groups in total. The molecule has 2 atom stereocenters. The molecule has 2 heterocycles. The van der Waals surface area contributed by atoms with Crippen LogP contribution in [0.1, 0.15) is 38.2 Å². The van der Waals surface area contributed by atoms with E-state index in [2.05, 4.69) is 10.7 Å². The molecule has 0 aromatic heterocycles. The largest absolute Gasteiger partial charge is 0.358 e. The molecule has 0 unspecified atom stereocenters. The van der Waals surface area contributed by atoms with E-state index in [1.54, 1.807) is 24.3 Å². The van der Waals surface area contributed by atoms with E-state index in [-0.39, 0.29) is 50.5 Å². The third-order valence-corrected chi connectivity index (χ3v) is 5.44. The molecular formula is C22H27N5O6. The maximum absolute atomic E-state index is 13.3. The van der Waals surface area contributed by atoms with Gasteiger partial charge >= 0.3 is 6.03 Å². The highest BCUT2D eigenvalue weighted by molar-refractivity contribution is 5.93. The summed E-state index contributed by atoms with van der Waals surface area (Å²) in [6, 6.07) is 6.19. The van der Waals surface area contributed by atoms with Crippen molar-refractivity contribution in [3.8, 4) is 0 Å². The topological polar surface area (TPSA) is 136 Å². The van der Waals surface area contributed by atoms with Crippen LogP contribution in [0, 0.1) is 0 Å². The standard InChI is InChI=1S/C22H27N5O6/c1-15(29)12-17(14-28)23-21(32)18-8-5-10-26-20(31)9-11-25(22(33)27(18)26)24-19(30)13-16-6-3-2-4-7-16/h2-4,6-7,14,17-18H,5,8-13H2,1H3,(H,23,32)(H,24,30)/t17-,18-/m0/s1. The van der Waals surface area contributed by atoms with Crippen LogP contribution in [0.5, 0.6) is 0 Å². The van der Waals surface area contributed by atoms with E-state index >= 15 is 0 Å². The summed E-state index contributed by atoms with van der Waals surface area (Å²) in [4.78, 5) is 74.0. The van der Waals surface area contributed by atoms with Gasteiger partial charge in [-0.1, -0.05) is 30.3 Å². The van der Waals surface area contributed by atoms with Gasteiger partial charge in [-0.15, -0.1) is 0 Å².